The largest absolute Gasteiger partial charge is 0.381 e. The molecule has 0 aliphatic carbocycles. The topological polar surface area (TPSA) is 29.9 Å². The average Bonchev–Trinajstić information content (AvgIpc) is 2.69. The molecule has 0 aliphatic rings. The van der Waals surface area contributed by atoms with Gasteiger partial charge in [0.2, 0.25) is 0 Å². The maximum absolute atomic E-state index is 13.4. The molecule has 1 heterocycles. The van der Waals surface area contributed by atoms with Crippen LogP contribution in [0.4, 0.5) is 10.1 Å². The summed E-state index contributed by atoms with van der Waals surface area (Å²) in [6.45, 7) is 0.611. The lowest BCUT2D eigenvalue weighted by Crippen LogP contribution is -2.09. The third-order valence-electron chi connectivity index (χ3n) is 2.57. The van der Waals surface area contributed by atoms with Crippen molar-refractivity contribution in [3.05, 3.63) is 47.0 Å². The van der Waals surface area contributed by atoms with E-state index in [9.17, 15) is 4.39 Å². The van der Waals surface area contributed by atoms with Gasteiger partial charge >= 0.3 is 0 Å². The number of hydrogen-bond acceptors (Lipinski definition) is 2. The molecule has 2 rings (SSSR count). The van der Waals surface area contributed by atoms with Gasteiger partial charge in [-0.05, 0) is 18.2 Å². The molecule has 0 amide bonds. The number of nitrogens with one attached hydrogen (secondary N) is 1. The SMILES string of the molecule is Cn1nccc1CCNc1c(F)cccc1Cl. The van der Waals surface area contributed by atoms with Gasteiger partial charge in [0.25, 0.3) is 0 Å². The van der Waals surface area contributed by atoms with Crippen molar-refractivity contribution >= 4 is 17.3 Å². The maximum atomic E-state index is 13.4. The predicted molar refractivity (Wildman–Crippen MR) is 66.8 cm³/mol. The molecule has 90 valence electrons. The first-order valence-electron chi connectivity index (χ1n) is 5.33. The van der Waals surface area contributed by atoms with Crippen molar-refractivity contribution in [2.45, 2.75) is 6.42 Å². The fraction of sp³-hybridized carbons (Fsp3) is 0.250. The first-order valence-corrected chi connectivity index (χ1v) is 5.71. The Morgan fingerprint density at radius 2 is 2.24 bits per heavy atom. The van der Waals surface area contributed by atoms with Crippen LogP contribution in [0.15, 0.2) is 30.5 Å². The van der Waals surface area contributed by atoms with Gasteiger partial charge in [0.15, 0.2) is 0 Å². The van der Waals surface area contributed by atoms with Crippen LogP contribution in [0.2, 0.25) is 5.02 Å². The Kier molecular flexibility index (Phi) is 3.64. The van der Waals surface area contributed by atoms with Crippen LogP contribution < -0.4 is 5.32 Å². The maximum Gasteiger partial charge on any atom is 0.147 e. The minimum atomic E-state index is -0.331. The Labute approximate surface area is 104 Å². The lowest BCUT2D eigenvalue weighted by atomic mass is 10.2. The highest BCUT2D eigenvalue weighted by atomic mass is 35.5. The smallest absolute Gasteiger partial charge is 0.147 e. The summed E-state index contributed by atoms with van der Waals surface area (Å²) in [5, 5.41) is 7.46. The molecular formula is C12H13ClFN3. The molecule has 0 unspecified atom stereocenters. The van der Waals surface area contributed by atoms with Gasteiger partial charge in [0, 0.05) is 31.9 Å². The van der Waals surface area contributed by atoms with Crippen LogP contribution >= 0.6 is 11.6 Å². The Bertz CT molecular complexity index is 490. The molecule has 1 aromatic carbocycles. The summed E-state index contributed by atoms with van der Waals surface area (Å²) in [5.41, 5.74) is 1.45. The lowest BCUT2D eigenvalue weighted by molar-refractivity contribution is 0.629. The molecule has 0 atom stereocenters. The number of rotatable bonds is 4. The first kappa shape index (κ1) is 11.9. The second kappa shape index (κ2) is 5.19. The number of para-hydroxylation sites is 1. The van der Waals surface area contributed by atoms with Gasteiger partial charge in [-0.15, -0.1) is 0 Å². The third-order valence-corrected chi connectivity index (χ3v) is 2.88. The number of benzene rings is 1. The van der Waals surface area contributed by atoms with Gasteiger partial charge in [0.1, 0.15) is 5.82 Å². The van der Waals surface area contributed by atoms with E-state index in [2.05, 4.69) is 10.4 Å². The van der Waals surface area contributed by atoms with Crippen LogP contribution in [0.25, 0.3) is 0 Å². The molecule has 1 N–H and O–H groups in total. The van der Waals surface area contributed by atoms with Crippen molar-refractivity contribution in [1.82, 2.24) is 9.78 Å². The minimum Gasteiger partial charge on any atom is -0.381 e. The number of halogens is 2. The fourth-order valence-corrected chi connectivity index (χ4v) is 1.86. The Balaban J connectivity index is 1.97. The van der Waals surface area contributed by atoms with Crippen molar-refractivity contribution in [2.75, 3.05) is 11.9 Å². The van der Waals surface area contributed by atoms with E-state index in [1.165, 1.54) is 6.07 Å². The van der Waals surface area contributed by atoms with Crippen molar-refractivity contribution in [3.8, 4) is 0 Å². The first-order chi connectivity index (χ1) is 8.18. The normalized spacial score (nSPS) is 10.5. The van der Waals surface area contributed by atoms with E-state index in [0.717, 1.165) is 12.1 Å². The summed E-state index contributed by atoms with van der Waals surface area (Å²) in [6.07, 6.45) is 2.51. The summed E-state index contributed by atoms with van der Waals surface area (Å²) < 4.78 is 15.2. The number of hydrogen-bond donors (Lipinski definition) is 1. The number of aromatic nitrogens is 2. The van der Waals surface area contributed by atoms with E-state index in [0.29, 0.717) is 17.3 Å². The van der Waals surface area contributed by atoms with Gasteiger partial charge in [-0.2, -0.15) is 5.10 Å². The van der Waals surface area contributed by atoms with Crippen LogP contribution in [-0.4, -0.2) is 16.3 Å². The quantitative estimate of drug-likeness (QED) is 0.908. The molecule has 0 aliphatic heterocycles. The number of aryl methyl sites for hydroxylation is 1. The molecule has 0 saturated carbocycles. The van der Waals surface area contributed by atoms with Crippen molar-refractivity contribution in [2.24, 2.45) is 7.05 Å². The standard InChI is InChI=1S/C12H13ClFN3/c1-17-9(6-8-16-17)5-7-15-12-10(13)3-2-4-11(12)14/h2-4,6,8,15H,5,7H2,1H3. The minimum absolute atomic E-state index is 0.331. The average molecular weight is 254 g/mol. The second-order valence-corrected chi connectivity index (χ2v) is 4.13. The molecule has 0 spiro atoms. The monoisotopic (exact) mass is 253 g/mol. The zero-order valence-corrected chi connectivity index (χ0v) is 10.2. The van der Waals surface area contributed by atoms with Gasteiger partial charge in [-0.25, -0.2) is 4.39 Å². The number of nitrogens with zero attached hydrogens (tertiary/aromatic N) is 2. The molecule has 17 heavy (non-hydrogen) atoms. The van der Waals surface area contributed by atoms with Crippen LogP contribution in [0.5, 0.6) is 0 Å². The van der Waals surface area contributed by atoms with E-state index >= 15 is 0 Å². The highest BCUT2D eigenvalue weighted by Crippen LogP contribution is 2.24. The highest BCUT2D eigenvalue weighted by molar-refractivity contribution is 6.33. The van der Waals surface area contributed by atoms with Crippen LogP contribution in [0.1, 0.15) is 5.69 Å². The highest BCUT2D eigenvalue weighted by Gasteiger charge is 2.06. The Hall–Kier alpha value is -1.55. The molecule has 5 heteroatoms. The molecule has 0 radical (unpaired) electrons. The molecular weight excluding hydrogens is 241 g/mol. The zero-order valence-electron chi connectivity index (χ0n) is 9.45. The van der Waals surface area contributed by atoms with Crippen LogP contribution in [0, 0.1) is 5.82 Å². The lowest BCUT2D eigenvalue weighted by Gasteiger charge is -2.09. The van der Waals surface area contributed by atoms with Gasteiger partial charge in [0.05, 0.1) is 10.7 Å². The summed E-state index contributed by atoms with van der Waals surface area (Å²) in [5.74, 6) is -0.331. The van der Waals surface area contributed by atoms with Gasteiger partial charge in [-0.1, -0.05) is 17.7 Å². The summed E-state index contributed by atoms with van der Waals surface area (Å²) in [4.78, 5) is 0. The second-order valence-electron chi connectivity index (χ2n) is 3.72. The molecule has 1 aromatic heterocycles. The molecule has 0 bridgehead atoms. The van der Waals surface area contributed by atoms with Crippen molar-refractivity contribution in [1.29, 1.82) is 0 Å². The number of anilines is 1. The Morgan fingerprint density at radius 3 is 2.88 bits per heavy atom. The molecule has 2 aromatic rings. The molecule has 0 fully saturated rings. The predicted octanol–water partition coefficient (Wildman–Crippen LogP) is 2.87. The van der Waals surface area contributed by atoms with Crippen LogP contribution in [0.3, 0.4) is 0 Å². The van der Waals surface area contributed by atoms with E-state index in [-0.39, 0.29) is 5.82 Å². The van der Waals surface area contributed by atoms with E-state index < -0.39 is 0 Å². The van der Waals surface area contributed by atoms with Gasteiger partial charge in [-0.3, -0.25) is 4.68 Å². The van der Waals surface area contributed by atoms with Crippen molar-refractivity contribution < 1.29 is 4.39 Å². The third kappa shape index (κ3) is 2.77. The van der Waals surface area contributed by atoms with E-state index in [4.69, 9.17) is 11.6 Å². The van der Waals surface area contributed by atoms with E-state index in [1.807, 2.05) is 13.1 Å². The zero-order chi connectivity index (χ0) is 12.3. The summed E-state index contributed by atoms with van der Waals surface area (Å²) >= 11 is 5.90. The fourth-order valence-electron chi connectivity index (χ4n) is 1.63. The summed E-state index contributed by atoms with van der Waals surface area (Å²) in [6, 6.07) is 6.57. The van der Waals surface area contributed by atoms with E-state index in [1.54, 1.807) is 23.0 Å². The molecule has 0 saturated heterocycles. The Morgan fingerprint density at radius 1 is 1.41 bits per heavy atom. The van der Waals surface area contributed by atoms with Crippen molar-refractivity contribution in [3.63, 3.8) is 0 Å². The van der Waals surface area contributed by atoms with Crippen LogP contribution in [-0.2, 0) is 13.5 Å². The molecule has 3 nitrogen and oxygen atoms in total. The van der Waals surface area contributed by atoms with Gasteiger partial charge < -0.3 is 5.32 Å². The summed E-state index contributed by atoms with van der Waals surface area (Å²) in [7, 11) is 1.88.